The Morgan fingerprint density at radius 2 is 1.94 bits per heavy atom. The van der Waals surface area contributed by atoms with Gasteiger partial charge in [-0.2, -0.15) is 0 Å². The summed E-state index contributed by atoms with van der Waals surface area (Å²) in [4.78, 5) is 15.0. The molecule has 2 aromatic rings. The van der Waals surface area contributed by atoms with Crippen LogP contribution in [0.2, 0.25) is 5.02 Å². The first kappa shape index (κ1) is 22.1. The molecule has 6 nitrogen and oxygen atoms in total. The maximum Gasteiger partial charge on any atom is 0.264 e. The molecule has 0 bridgehead atoms. The van der Waals surface area contributed by atoms with Gasteiger partial charge in [0.15, 0.2) is 0 Å². The third-order valence-corrected chi connectivity index (χ3v) is 7.82. The molecule has 0 radical (unpaired) electrons. The predicted molar refractivity (Wildman–Crippen MR) is 121 cm³/mol. The first-order valence-electron chi connectivity index (χ1n) is 10.5. The summed E-state index contributed by atoms with van der Waals surface area (Å²) < 4.78 is 34.3. The highest BCUT2D eigenvalue weighted by atomic mass is 35.5. The zero-order chi connectivity index (χ0) is 22.4. The number of sulfonamides is 1. The van der Waals surface area contributed by atoms with E-state index >= 15 is 0 Å². The summed E-state index contributed by atoms with van der Waals surface area (Å²) in [5.41, 5.74) is 1.41. The molecule has 2 aliphatic heterocycles. The van der Waals surface area contributed by atoms with Crippen molar-refractivity contribution in [1.82, 2.24) is 4.90 Å². The van der Waals surface area contributed by atoms with Crippen LogP contribution in [0.4, 0.5) is 5.69 Å². The van der Waals surface area contributed by atoms with E-state index in [4.69, 9.17) is 16.3 Å². The van der Waals surface area contributed by atoms with E-state index in [0.717, 1.165) is 18.4 Å². The number of fused-ring (bicyclic) bond motifs is 1. The molecule has 2 aliphatic rings. The SMILES string of the molecule is CC1CN(C(=O)c2cc(S(=O)(=O)N3CCCc4ccccc43)ccc2Cl)CC(C)(C)O1. The fourth-order valence-corrected chi connectivity index (χ4v) is 6.25. The maximum absolute atomic E-state index is 13.5. The first-order chi connectivity index (χ1) is 14.6. The molecule has 31 heavy (non-hydrogen) atoms. The standard InChI is InChI=1S/C23H27ClN2O4S/c1-16-14-25(15-23(2,3)30-16)22(27)19-13-18(10-11-20(19)24)31(28,29)26-12-6-8-17-7-4-5-9-21(17)26/h4-5,7,9-11,13,16H,6,8,12,14-15H2,1-3H3. The number of morpholine rings is 1. The largest absolute Gasteiger partial charge is 0.369 e. The number of benzene rings is 2. The number of amides is 1. The number of hydrogen-bond acceptors (Lipinski definition) is 4. The zero-order valence-electron chi connectivity index (χ0n) is 18.0. The van der Waals surface area contributed by atoms with Crippen molar-refractivity contribution in [3.63, 3.8) is 0 Å². The Kier molecular flexibility index (Phi) is 5.79. The van der Waals surface area contributed by atoms with Crippen LogP contribution in [0.5, 0.6) is 0 Å². The Hall–Kier alpha value is -2.09. The zero-order valence-corrected chi connectivity index (χ0v) is 19.5. The van der Waals surface area contributed by atoms with Crippen LogP contribution < -0.4 is 4.31 Å². The highest BCUT2D eigenvalue weighted by Crippen LogP contribution is 2.33. The van der Waals surface area contributed by atoms with Gasteiger partial charge in [0.05, 0.1) is 32.9 Å². The van der Waals surface area contributed by atoms with E-state index in [1.807, 2.05) is 45.0 Å². The lowest BCUT2D eigenvalue weighted by molar-refractivity contribution is -0.118. The smallest absolute Gasteiger partial charge is 0.264 e. The summed E-state index contributed by atoms with van der Waals surface area (Å²) in [7, 11) is -3.83. The summed E-state index contributed by atoms with van der Waals surface area (Å²) in [6.07, 6.45) is 1.47. The first-order valence-corrected chi connectivity index (χ1v) is 12.3. The van der Waals surface area contributed by atoms with Crippen LogP contribution in [0.1, 0.15) is 43.1 Å². The van der Waals surface area contributed by atoms with E-state index in [2.05, 4.69) is 0 Å². The van der Waals surface area contributed by atoms with Gasteiger partial charge < -0.3 is 9.64 Å². The number of ether oxygens (including phenoxy) is 1. The molecule has 2 aromatic carbocycles. The van der Waals surface area contributed by atoms with Crippen molar-refractivity contribution in [2.75, 3.05) is 23.9 Å². The number of carbonyl (C=O) groups excluding carboxylic acids is 1. The number of hydrogen-bond donors (Lipinski definition) is 0. The number of carbonyl (C=O) groups is 1. The highest BCUT2D eigenvalue weighted by Gasteiger charge is 2.35. The minimum atomic E-state index is -3.83. The molecule has 2 heterocycles. The Labute approximate surface area is 188 Å². The molecule has 0 saturated carbocycles. The van der Waals surface area contributed by atoms with E-state index in [9.17, 15) is 13.2 Å². The Bertz CT molecular complexity index is 1120. The van der Waals surface area contributed by atoms with E-state index in [0.29, 0.717) is 25.3 Å². The van der Waals surface area contributed by atoms with Crippen LogP contribution in [-0.2, 0) is 21.2 Å². The summed E-state index contributed by atoms with van der Waals surface area (Å²) in [6.45, 7) is 7.01. The van der Waals surface area contributed by atoms with Crippen LogP contribution in [0.25, 0.3) is 0 Å². The van der Waals surface area contributed by atoms with Gasteiger partial charge in [0.25, 0.3) is 15.9 Å². The number of anilines is 1. The van der Waals surface area contributed by atoms with Crippen molar-refractivity contribution in [2.24, 2.45) is 0 Å². The average Bonchev–Trinajstić information content (AvgIpc) is 2.71. The summed E-state index contributed by atoms with van der Waals surface area (Å²) >= 11 is 6.35. The van der Waals surface area contributed by atoms with Crippen LogP contribution in [0.15, 0.2) is 47.4 Å². The van der Waals surface area contributed by atoms with Crippen molar-refractivity contribution < 1.29 is 17.9 Å². The molecular formula is C23H27ClN2O4S. The number of para-hydroxylation sites is 1. The second-order valence-electron chi connectivity index (χ2n) is 8.82. The maximum atomic E-state index is 13.5. The second-order valence-corrected chi connectivity index (χ2v) is 11.1. The quantitative estimate of drug-likeness (QED) is 0.688. The van der Waals surface area contributed by atoms with Crippen molar-refractivity contribution >= 4 is 33.2 Å². The molecule has 8 heteroatoms. The van der Waals surface area contributed by atoms with Gasteiger partial charge in [0.1, 0.15) is 0 Å². The molecule has 1 saturated heterocycles. The number of rotatable bonds is 3. The lowest BCUT2D eigenvalue weighted by atomic mass is 10.0. The highest BCUT2D eigenvalue weighted by molar-refractivity contribution is 7.92. The molecule has 166 valence electrons. The number of nitrogens with zero attached hydrogens (tertiary/aromatic N) is 2. The Morgan fingerprint density at radius 3 is 2.68 bits per heavy atom. The minimum Gasteiger partial charge on any atom is -0.369 e. The van der Waals surface area contributed by atoms with E-state index in [1.54, 1.807) is 4.90 Å². The van der Waals surface area contributed by atoms with E-state index < -0.39 is 15.6 Å². The van der Waals surface area contributed by atoms with Gasteiger partial charge in [0.2, 0.25) is 0 Å². The Balaban J connectivity index is 1.69. The molecule has 1 amide bonds. The molecule has 0 aromatic heterocycles. The molecule has 4 rings (SSSR count). The van der Waals surface area contributed by atoms with E-state index in [1.165, 1.54) is 22.5 Å². The summed E-state index contributed by atoms with van der Waals surface area (Å²) in [5.74, 6) is -0.288. The summed E-state index contributed by atoms with van der Waals surface area (Å²) in [6, 6.07) is 11.9. The van der Waals surface area contributed by atoms with Crippen molar-refractivity contribution in [3.8, 4) is 0 Å². The van der Waals surface area contributed by atoms with Crippen LogP contribution >= 0.6 is 11.6 Å². The third-order valence-electron chi connectivity index (χ3n) is 5.68. The molecule has 1 atom stereocenters. The minimum absolute atomic E-state index is 0.0671. The monoisotopic (exact) mass is 462 g/mol. The van der Waals surface area contributed by atoms with Gasteiger partial charge in [-0.05, 0) is 63.4 Å². The second kappa shape index (κ2) is 8.11. The molecule has 0 spiro atoms. The normalized spacial score (nSPS) is 21.0. The van der Waals surface area contributed by atoms with E-state index in [-0.39, 0.29) is 27.5 Å². The van der Waals surface area contributed by atoms with Crippen molar-refractivity contribution in [3.05, 3.63) is 58.6 Å². The lowest BCUT2D eigenvalue weighted by Gasteiger charge is -2.41. The molecular weight excluding hydrogens is 436 g/mol. The van der Waals surface area contributed by atoms with Gasteiger partial charge in [-0.1, -0.05) is 29.8 Å². The van der Waals surface area contributed by atoms with Gasteiger partial charge in [-0.25, -0.2) is 8.42 Å². The molecule has 1 fully saturated rings. The molecule has 1 unspecified atom stereocenters. The van der Waals surface area contributed by atoms with Gasteiger partial charge in [0, 0.05) is 19.6 Å². The Morgan fingerprint density at radius 1 is 1.19 bits per heavy atom. The van der Waals surface area contributed by atoms with Crippen LogP contribution in [-0.4, -0.2) is 50.6 Å². The molecule has 0 aliphatic carbocycles. The third kappa shape index (κ3) is 4.31. The van der Waals surface area contributed by atoms with Crippen molar-refractivity contribution in [1.29, 1.82) is 0 Å². The van der Waals surface area contributed by atoms with Gasteiger partial charge in [-0.15, -0.1) is 0 Å². The van der Waals surface area contributed by atoms with Crippen molar-refractivity contribution in [2.45, 2.75) is 50.2 Å². The fourth-order valence-electron chi connectivity index (χ4n) is 4.48. The van der Waals surface area contributed by atoms with Crippen LogP contribution in [0, 0.1) is 0 Å². The average molecular weight is 463 g/mol. The van der Waals surface area contributed by atoms with Gasteiger partial charge >= 0.3 is 0 Å². The molecule has 0 N–H and O–H groups in total. The van der Waals surface area contributed by atoms with Gasteiger partial charge in [-0.3, -0.25) is 9.10 Å². The fraction of sp³-hybridized carbons (Fsp3) is 0.435. The van der Waals surface area contributed by atoms with Crippen LogP contribution in [0.3, 0.4) is 0 Å². The number of halogens is 1. The number of aryl methyl sites for hydroxylation is 1. The predicted octanol–water partition coefficient (Wildman–Crippen LogP) is 4.12. The topological polar surface area (TPSA) is 66.9 Å². The summed E-state index contributed by atoms with van der Waals surface area (Å²) in [5, 5.41) is 0.236. The lowest BCUT2D eigenvalue weighted by Crippen LogP contribution is -2.53.